The molecule has 2 saturated heterocycles. The maximum atomic E-state index is 5.85. The van der Waals surface area contributed by atoms with Crippen molar-refractivity contribution < 1.29 is 14.2 Å². The molecule has 2 aliphatic heterocycles. The van der Waals surface area contributed by atoms with Crippen molar-refractivity contribution in [2.24, 2.45) is 10.9 Å². The van der Waals surface area contributed by atoms with Crippen LogP contribution in [0.3, 0.4) is 0 Å². The predicted octanol–water partition coefficient (Wildman–Crippen LogP) is 2.42. The third-order valence-corrected chi connectivity index (χ3v) is 5.38. The van der Waals surface area contributed by atoms with E-state index in [2.05, 4.69) is 33.5 Å². The van der Waals surface area contributed by atoms with Gasteiger partial charge in [0.1, 0.15) is 5.82 Å². The van der Waals surface area contributed by atoms with Crippen LogP contribution < -0.4 is 15.5 Å². The van der Waals surface area contributed by atoms with Gasteiger partial charge in [-0.1, -0.05) is 6.07 Å². The average Bonchev–Trinajstić information content (AvgIpc) is 2.81. The van der Waals surface area contributed by atoms with E-state index < -0.39 is 0 Å². The van der Waals surface area contributed by atoms with Crippen LogP contribution in [-0.2, 0) is 20.8 Å². The normalized spacial score (nSPS) is 17.8. The van der Waals surface area contributed by atoms with Gasteiger partial charge in [0, 0.05) is 64.4 Å². The molecule has 0 amide bonds. The summed E-state index contributed by atoms with van der Waals surface area (Å²) in [6.45, 7) is 11.0. The Morgan fingerprint density at radius 1 is 1.19 bits per heavy atom. The monoisotopic (exact) mass is 547 g/mol. The number of pyridine rings is 1. The summed E-state index contributed by atoms with van der Waals surface area (Å²) in [6.07, 6.45) is 5.05. The molecule has 1 aromatic rings. The lowest BCUT2D eigenvalue weighted by Gasteiger charge is -2.29. The number of halogens is 1. The first-order valence-electron chi connectivity index (χ1n) is 11.3. The van der Waals surface area contributed by atoms with Crippen molar-refractivity contribution in [1.82, 2.24) is 15.6 Å². The number of hydrogen-bond acceptors (Lipinski definition) is 6. The van der Waals surface area contributed by atoms with Gasteiger partial charge in [0.05, 0.1) is 19.8 Å². The van der Waals surface area contributed by atoms with Gasteiger partial charge in [-0.3, -0.25) is 0 Å². The number of nitrogens with one attached hydrogen (secondary N) is 2. The molecule has 2 aliphatic rings. The molecule has 0 saturated carbocycles. The van der Waals surface area contributed by atoms with Crippen molar-refractivity contribution in [1.29, 1.82) is 0 Å². The summed E-state index contributed by atoms with van der Waals surface area (Å²) in [5, 5.41) is 6.74. The van der Waals surface area contributed by atoms with E-state index >= 15 is 0 Å². The second-order valence-corrected chi connectivity index (χ2v) is 7.69. The molecule has 0 bridgehead atoms. The summed E-state index contributed by atoms with van der Waals surface area (Å²) >= 11 is 0. The zero-order valence-corrected chi connectivity index (χ0v) is 21.0. The van der Waals surface area contributed by atoms with E-state index in [1.807, 2.05) is 12.3 Å². The van der Waals surface area contributed by atoms with Gasteiger partial charge in [-0.25, -0.2) is 9.98 Å². The van der Waals surface area contributed by atoms with E-state index in [0.717, 1.165) is 102 Å². The lowest BCUT2D eigenvalue weighted by Crippen LogP contribution is -2.38. The molecule has 0 aliphatic carbocycles. The summed E-state index contributed by atoms with van der Waals surface area (Å²) in [4.78, 5) is 11.7. The Morgan fingerprint density at radius 2 is 1.97 bits per heavy atom. The standard InChI is InChI=1S/C22H37N5O3.HI/c1-2-23-22(25-9-4-12-30-18-19-6-13-28-14-7-19)26-17-20-5-3-8-24-21(20)27-10-15-29-16-11-27;/h3,5,8,19H,2,4,6-7,9-18H2,1H3,(H2,23,25,26);1H. The van der Waals surface area contributed by atoms with Gasteiger partial charge in [0.25, 0.3) is 0 Å². The first kappa shape index (κ1) is 26.1. The predicted molar refractivity (Wildman–Crippen MR) is 134 cm³/mol. The number of anilines is 1. The molecule has 3 rings (SSSR count). The van der Waals surface area contributed by atoms with Gasteiger partial charge < -0.3 is 29.7 Å². The number of aliphatic imine (C=N–C) groups is 1. The highest BCUT2D eigenvalue weighted by Crippen LogP contribution is 2.19. The summed E-state index contributed by atoms with van der Waals surface area (Å²) in [7, 11) is 0. The Kier molecular flexibility index (Phi) is 13.1. The number of aromatic nitrogens is 1. The number of ether oxygens (including phenoxy) is 3. The van der Waals surface area contributed by atoms with Crippen molar-refractivity contribution in [3.8, 4) is 0 Å². The molecule has 0 atom stereocenters. The molecule has 0 spiro atoms. The highest BCUT2D eigenvalue weighted by atomic mass is 127. The smallest absolute Gasteiger partial charge is 0.191 e. The topological polar surface area (TPSA) is 80.2 Å². The van der Waals surface area contributed by atoms with Crippen LogP contribution >= 0.6 is 24.0 Å². The summed E-state index contributed by atoms with van der Waals surface area (Å²) in [6, 6.07) is 4.08. The van der Waals surface area contributed by atoms with Crippen molar-refractivity contribution in [2.45, 2.75) is 32.7 Å². The van der Waals surface area contributed by atoms with E-state index in [-0.39, 0.29) is 24.0 Å². The summed E-state index contributed by atoms with van der Waals surface area (Å²) < 4.78 is 16.7. The first-order valence-corrected chi connectivity index (χ1v) is 11.3. The Balaban J connectivity index is 0.00000341. The van der Waals surface area contributed by atoms with Gasteiger partial charge in [-0.15, -0.1) is 24.0 Å². The van der Waals surface area contributed by atoms with E-state index in [1.165, 1.54) is 0 Å². The van der Waals surface area contributed by atoms with Crippen molar-refractivity contribution >= 4 is 35.8 Å². The second kappa shape index (κ2) is 15.6. The van der Waals surface area contributed by atoms with Crippen LogP contribution in [0.1, 0.15) is 31.7 Å². The number of nitrogens with zero attached hydrogens (tertiary/aromatic N) is 3. The average molecular weight is 547 g/mol. The number of rotatable bonds is 10. The van der Waals surface area contributed by atoms with Crippen molar-refractivity contribution in [3.63, 3.8) is 0 Å². The van der Waals surface area contributed by atoms with E-state index in [9.17, 15) is 0 Å². The first-order chi connectivity index (χ1) is 14.9. The van der Waals surface area contributed by atoms with E-state index in [1.54, 1.807) is 0 Å². The maximum Gasteiger partial charge on any atom is 0.191 e. The molecule has 3 heterocycles. The molecule has 2 fully saturated rings. The van der Waals surface area contributed by atoms with Crippen LogP contribution in [0, 0.1) is 5.92 Å². The number of morpholine rings is 1. The number of guanidine groups is 1. The van der Waals surface area contributed by atoms with Gasteiger partial charge in [-0.2, -0.15) is 0 Å². The molecule has 9 heteroatoms. The van der Waals surface area contributed by atoms with Crippen molar-refractivity contribution in [3.05, 3.63) is 23.9 Å². The lowest BCUT2D eigenvalue weighted by molar-refractivity contribution is 0.0203. The third kappa shape index (κ3) is 9.46. The fourth-order valence-corrected chi connectivity index (χ4v) is 3.66. The molecule has 8 nitrogen and oxygen atoms in total. The molecule has 31 heavy (non-hydrogen) atoms. The van der Waals surface area contributed by atoms with Crippen LogP contribution in [0.5, 0.6) is 0 Å². The van der Waals surface area contributed by atoms with Crippen LogP contribution in [-0.4, -0.2) is 76.8 Å². The minimum atomic E-state index is 0. The van der Waals surface area contributed by atoms with Gasteiger partial charge in [0.15, 0.2) is 5.96 Å². The van der Waals surface area contributed by atoms with Crippen LogP contribution in [0.4, 0.5) is 5.82 Å². The second-order valence-electron chi connectivity index (χ2n) is 7.69. The van der Waals surface area contributed by atoms with E-state index in [4.69, 9.17) is 19.2 Å². The highest BCUT2D eigenvalue weighted by Gasteiger charge is 2.16. The lowest BCUT2D eigenvalue weighted by atomic mass is 10.0. The zero-order valence-electron chi connectivity index (χ0n) is 18.7. The third-order valence-electron chi connectivity index (χ3n) is 5.38. The van der Waals surface area contributed by atoms with Crippen molar-refractivity contribution in [2.75, 3.05) is 70.7 Å². The highest BCUT2D eigenvalue weighted by molar-refractivity contribution is 14.0. The molecule has 176 valence electrons. The Labute approximate surface area is 203 Å². The Morgan fingerprint density at radius 3 is 2.74 bits per heavy atom. The van der Waals surface area contributed by atoms with Crippen LogP contribution in [0.15, 0.2) is 23.3 Å². The van der Waals surface area contributed by atoms with Crippen LogP contribution in [0.25, 0.3) is 0 Å². The quantitative estimate of drug-likeness (QED) is 0.202. The molecule has 0 radical (unpaired) electrons. The van der Waals surface area contributed by atoms with Gasteiger partial charge in [0.2, 0.25) is 0 Å². The SMILES string of the molecule is CCNC(=NCc1cccnc1N1CCOCC1)NCCCOCC1CCOCC1.I. The van der Waals surface area contributed by atoms with E-state index in [0.29, 0.717) is 12.5 Å². The van der Waals surface area contributed by atoms with Gasteiger partial charge >= 0.3 is 0 Å². The maximum absolute atomic E-state index is 5.85. The fourth-order valence-electron chi connectivity index (χ4n) is 3.66. The summed E-state index contributed by atoms with van der Waals surface area (Å²) in [5.74, 6) is 2.51. The Hall–Kier alpha value is -1.17. The molecular formula is C22H38IN5O3. The molecule has 1 aromatic heterocycles. The number of hydrogen-bond donors (Lipinski definition) is 2. The minimum absolute atomic E-state index is 0. The van der Waals surface area contributed by atoms with Crippen LogP contribution in [0.2, 0.25) is 0 Å². The molecule has 0 aromatic carbocycles. The minimum Gasteiger partial charge on any atom is -0.381 e. The molecular weight excluding hydrogens is 509 g/mol. The molecule has 2 N–H and O–H groups in total. The summed E-state index contributed by atoms with van der Waals surface area (Å²) in [5.41, 5.74) is 1.14. The molecule has 0 unspecified atom stereocenters. The Bertz CT molecular complexity index is 637. The van der Waals surface area contributed by atoms with Gasteiger partial charge in [-0.05, 0) is 38.2 Å². The zero-order chi connectivity index (χ0) is 20.9. The largest absolute Gasteiger partial charge is 0.381 e. The fraction of sp³-hybridized carbons (Fsp3) is 0.727.